The maximum absolute atomic E-state index is 14.0. The number of carbonyl (C=O) groups excluding carboxylic acids is 1. The van der Waals surface area contributed by atoms with Crippen LogP contribution in [0.25, 0.3) is 0 Å². The molecule has 0 aliphatic heterocycles. The molecule has 0 aromatic heterocycles. The zero-order chi connectivity index (χ0) is 14.5. The van der Waals surface area contributed by atoms with Gasteiger partial charge in [-0.3, -0.25) is 4.79 Å². The molecule has 4 heteroatoms. The molecule has 0 unspecified atom stereocenters. The number of methoxy groups -OCH3 is 1. The highest BCUT2D eigenvalue weighted by Crippen LogP contribution is 2.23. The van der Waals surface area contributed by atoms with Crippen LogP contribution in [0.3, 0.4) is 0 Å². The van der Waals surface area contributed by atoms with E-state index in [2.05, 4.69) is 0 Å². The van der Waals surface area contributed by atoms with E-state index in [1.807, 2.05) is 0 Å². The standard InChI is InChI=1S/C16H15FO3/c1-11(18)13-7-3-4-8-14(13)20-10-12-6-5-9-15(19-2)16(12)17/h3-9H,10H2,1-2H3. The summed E-state index contributed by atoms with van der Waals surface area (Å²) in [7, 11) is 1.41. The summed E-state index contributed by atoms with van der Waals surface area (Å²) in [5.74, 6) is 0.0789. The molecular weight excluding hydrogens is 259 g/mol. The fourth-order valence-corrected chi connectivity index (χ4v) is 1.86. The highest BCUT2D eigenvalue weighted by molar-refractivity contribution is 5.96. The summed E-state index contributed by atoms with van der Waals surface area (Å²) in [6, 6.07) is 11.8. The molecule has 0 bridgehead atoms. The van der Waals surface area contributed by atoms with Crippen molar-refractivity contribution in [3.63, 3.8) is 0 Å². The van der Waals surface area contributed by atoms with Crippen LogP contribution >= 0.6 is 0 Å². The Hall–Kier alpha value is -2.36. The normalized spacial score (nSPS) is 10.2. The van der Waals surface area contributed by atoms with E-state index in [-0.39, 0.29) is 18.1 Å². The van der Waals surface area contributed by atoms with E-state index in [4.69, 9.17) is 9.47 Å². The molecule has 0 fully saturated rings. The third-order valence-corrected chi connectivity index (χ3v) is 2.91. The lowest BCUT2D eigenvalue weighted by Gasteiger charge is -2.11. The van der Waals surface area contributed by atoms with Gasteiger partial charge in [0, 0.05) is 5.56 Å². The minimum absolute atomic E-state index is 0.0350. The summed E-state index contributed by atoms with van der Waals surface area (Å²) in [5, 5.41) is 0. The molecule has 0 spiro atoms. The first-order valence-electron chi connectivity index (χ1n) is 6.17. The third-order valence-electron chi connectivity index (χ3n) is 2.91. The molecule has 104 valence electrons. The van der Waals surface area contributed by atoms with Gasteiger partial charge >= 0.3 is 0 Å². The number of Topliss-reactive ketones (excluding diaryl/α,β-unsaturated/α-hetero) is 1. The van der Waals surface area contributed by atoms with Crippen LogP contribution in [0.1, 0.15) is 22.8 Å². The zero-order valence-electron chi connectivity index (χ0n) is 11.4. The Kier molecular flexibility index (Phi) is 4.35. The fourth-order valence-electron chi connectivity index (χ4n) is 1.86. The van der Waals surface area contributed by atoms with E-state index in [0.717, 1.165) is 0 Å². The Labute approximate surface area is 117 Å². The van der Waals surface area contributed by atoms with Gasteiger partial charge in [0.05, 0.1) is 12.7 Å². The van der Waals surface area contributed by atoms with E-state index in [9.17, 15) is 9.18 Å². The maximum Gasteiger partial charge on any atom is 0.171 e. The summed E-state index contributed by atoms with van der Waals surface area (Å²) >= 11 is 0. The summed E-state index contributed by atoms with van der Waals surface area (Å²) in [6.07, 6.45) is 0. The van der Waals surface area contributed by atoms with Crippen LogP contribution in [0.2, 0.25) is 0 Å². The van der Waals surface area contributed by atoms with Gasteiger partial charge in [0.15, 0.2) is 17.3 Å². The molecular formula is C16H15FO3. The summed E-state index contributed by atoms with van der Waals surface area (Å²) in [5.41, 5.74) is 0.860. The van der Waals surface area contributed by atoms with Crippen molar-refractivity contribution in [1.82, 2.24) is 0 Å². The number of rotatable bonds is 5. The number of hydrogen-bond acceptors (Lipinski definition) is 3. The first-order chi connectivity index (χ1) is 9.63. The number of benzene rings is 2. The molecule has 3 nitrogen and oxygen atoms in total. The first-order valence-corrected chi connectivity index (χ1v) is 6.17. The zero-order valence-corrected chi connectivity index (χ0v) is 11.4. The topological polar surface area (TPSA) is 35.5 Å². The van der Waals surface area contributed by atoms with Crippen molar-refractivity contribution in [1.29, 1.82) is 0 Å². The van der Waals surface area contributed by atoms with Crippen molar-refractivity contribution in [3.05, 3.63) is 59.4 Å². The summed E-state index contributed by atoms with van der Waals surface area (Å²) in [6.45, 7) is 1.50. The average Bonchev–Trinajstić information content (AvgIpc) is 2.46. The van der Waals surface area contributed by atoms with Crippen LogP contribution in [-0.4, -0.2) is 12.9 Å². The van der Waals surface area contributed by atoms with E-state index < -0.39 is 5.82 Å². The Bertz CT molecular complexity index is 623. The molecule has 0 heterocycles. The van der Waals surface area contributed by atoms with Crippen LogP contribution in [0.15, 0.2) is 42.5 Å². The minimum atomic E-state index is -0.449. The van der Waals surface area contributed by atoms with Gasteiger partial charge < -0.3 is 9.47 Å². The molecule has 0 saturated carbocycles. The predicted molar refractivity (Wildman–Crippen MR) is 73.7 cm³/mol. The lowest BCUT2D eigenvalue weighted by atomic mass is 10.1. The Morgan fingerprint density at radius 1 is 1.10 bits per heavy atom. The van der Waals surface area contributed by atoms with Crippen molar-refractivity contribution < 1.29 is 18.7 Å². The van der Waals surface area contributed by atoms with Crippen LogP contribution in [-0.2, 0) is 6.61 Å². The number of carbonyl (C=O) groups is 1. The van der Waals surface area contributed by atoms with Gasteiger partial charge in [0.1, 0.15) is 12.4 Å². The van der Waals surface area contributed by atoms with Crippen molar-refractivity contribution in [2.75, 3.05) is 7.11 Å². The number of hydrogen-bond donors (Lipinski definition) is 0. The Morgan fingerprint density at radius 2 is 1.80 bits per heavy atom. The lowest BCUT2D eigenvalue weighted by molar-refractivity contribution is 0.101. The quantitative estimate of drug-likeness (QED) is 0.781. The highest BCUT2D eigenvalue weighted by Gasteiger charge is 2.11. The molecule has 20 heavy (non-hydrogen) atoms. The van der Waals surface area contributed by atoms with Crippen molar-refractivity contribution in [3.8, 4) is 11.5 Å². The van der Waals surface area contributed by atoms with Crippen molar-refractivity contribution in [2.24, 2.45) is 0 Å². The maximum atomic E-state index is 14.0. The third kappa shape index (κ3) is 2.96. The van der Waals surface area contributed by atoms with Crippen LogP contribution in [0.5, 0.6) is 11.5 Å². The summed E-state index contributed by atoms with van der Waals surface area (Å²) < 4.78 is 24.4. The van der Waals surface area contributed by atoms with Gasteiger partial charge in [-0.1, -0.05) is 24.3 Å². The highest BCUT2D eigenvalue weighted by atomic mass is 19.1. The van der Waals surface area contributed by atoms with Gasteiger partial charge in [-0.15, -0.1) is 0 Å². The van der Waals surface area contributed by atoms with Gasteiger partial charge in [0.2, 0.25) is 0 Å². The Morgan fingerprint density at radius 3 is 2.50 bits per heavy atom. The van der Waals surface area contributed by atoms with Gasteiger partial charge in [0.25, 0.3) is 0 Å². The fraction of sp³-hybridized carbons (Fsp3) is 0.188. The summed E-state index contributed by atoms with van der Waals surface area (Å²) in [4.78, 5) is 11.5. The molecule has 2 aromatic carbocycles. The SMILES string of the molecule is COc1cccc(COc2ccccc2C(C)=O)c1F. The molecule has 0 amide bonds. The first kappa shape index (κ1) is 14.1. The molecule has 0 saturated heterocycles. The molecule has 0 N–H and O–H groups in total. The van der Waals surface area contributed by atoms with Crippen molar-refractivity contribution in [2.45, 2.75) is 13.5 Å². The smallest absolute Gasteiger partial charge is 0.171 e. The largest absolute Gasteiger partial charge is 0.494 e. The van der Waals surface area contributed by atoms with E-state index >= 15 is 0 Å². The second-order valence-corrected chi connectivity index (χ2v) is 4.27. The predicted octanol–water partition coefficient (Wildman–Crippen LogP) is 3.62. The number of halogens is 1. The van der Waals surface area contributed by atoms with Crippen LogP contribution in [0.4, 0.5) is 4.39 Å². The monoisotopic (exact) mass is 274 g/mol. The number of para-hydroxylation sites is 1. The molecule has 2 rings (SSSR count). The number of ether oxygens (including phenoxy) is 2. The molecule has 2 aromatic rings. The molecule has 0 radical (unpaired) electrons. The molecule has 0 atom stereocenters. The van der Waals surface area contributed by atoms with Gasteiger partial charge in [-0.25, -0.2) is 4.39 Å². The minimum Gasteiger partial charge on any atom is -0.494 e. The van der Waals surface area contributed by atoms with Crippen LogP contribution in [0, 0.1) is 5.82 Å². The van der Waals surface area contributed by atoms with Crippen molar-refractivity contribution >= 4 is 5.78 Å². The number of ketones is 1. The van der Waals surface area contributed by atoms with E-state index in [0.29, 0.717) is 16.9 Å². The second kappa shape index (κ2) is 6.19. The lowest BCUT2D eigenvalue weighted by Crippen LogP contribution is -2.03. The van der Waals surface area contributed by atoms with Crippen LogP contribution < -0.4 is 9.47 Å². The Balaban J connectivity index is 2.19. The molecule has 0 aliphatic rings. The second-order valence-electron chi connectivity index (χ2n) is 4.27. The van der Waals surface area contributed by atoms with Gasteiger partial charge in [-0.05, 0) is 25.1 Å². The van der Waals surface area contributed by atoms with Gasteiger partial charge in [-0.2, -0.15) is 0 Å². The van der Waals surface area contributed by atoms with E-state index in [1.54, 1.807) is 42.5 Å². The average molecular weight is 274 g/mol. The molecule has 0 aliphatic carbocycles. The van der Waals surface area contributed by atoms with E-state index in [1.165, 1.54) is 14.0 Å².